The Balaban J connectivity index is 3.05. The van der Waals surface area contributed by atoms with E-state index in [1.807, 2.05) is 18.7 Å². The summed E-state index contributed by atoms with van der Waals surface area (Å²) in [6.45, 7) is 8.56. The van der Waals surface area contributed by atoms with Crippen LogP contribution in [0.1, 0.15) is 19.4 Å². The highest BCUT2D eigenvalue weighted by Crippen LogP contribution is 2.33. The van der Waals surface area contributed by atoms with Gasteiger partial charge >= 0.3 is 6.18 Å². The van der Waals surface area contributed by atoms with Crippen LogP contribution in [0, 0.1) is 0 Å². The molecule has 1 rings (SSSR count). The lowest BCUT2D eigenvalue weighted by atomic mass is 10.1. The topological polar surface area (TPSA) is 3.24 Å². The molecule has 1 aromatic carbocycles. The van der Waals surface area contributed by atoms with Crippen molar-refractivity contribution in [3.8, 4) is 0 Å². The van der Waals surface area contributed by atoms with E-state index < -0.39 is 11.7 Å². The van der Waals surface area contributed by atoms with E-state index in [9.17, 15) is 13.2 Å². The number of anilines is 1. The van der Waals surface area contributed by atoms with Crippen LogP contribution in [0.15, 0.2) is 30.8 Å². The van der Waals surface area contributed by atoms with Crippen molar-refractivity contribution in [1.82, 2.24) is 0 Å². The van der Waals surface area contributed by atoms with E-state index in [2.05, 4.69) is 6.58 Å². The Kier molecular flexibility index (Phi) is 4.21. The molecule has 0 aliphatic rings. The molecule has 0 heterocycles. The van der Waals surface area contributed by atoms with Crippen LogP contribution in [0.25, 0.3) is 5.57 Å². The summed E-state index contributed by atoms with van der Waals surface area (Å²) in [7, 11) is 0. The van der Waals surface area contributed by atoms with Crippen LogP contribution in [-0.4, -0.2) is 19.3 Å². The molecule has 0 aliphatic heterocycles. The maximum absolute atomic E-state index is 12.5. The molecule has 0 aliphatic carbocycles. The fourth-order valence-electron chi connectivity index (χ4n) is 1.64. The van der Waals surface area contributed by atoms with Gasteiger partial charge in [-0.25, -0.2) is 0 Å². The van der Waals surface area contributed by atoms with Gasteiger partial charge in [0.25, 0.3) is 0 Å². The normalized spacial score (nSPS) is 11.4. The fraction of sp³-hybridized carbons (Fsp3) is 0.385. The largest absolute Gasteiger partial charge is 0.416 e. The van der Waals surface area contributed by atoms with E-state index >= 15 is 0 Å². The van der Waals surface area contributed by atoms with Crippen LogP contribution in [0.3, 0.4) is 0 Å². The molecule has 94 valence electrons. The summed E-state index contributed by atoms with van der Waals surface area (Å²) in [4.78, 5) is 1.99. The second kappa shape index (κ2) is 5.25. The van der Waals surface area contributed by atoms with Gasteiger partial charge in [0, 0.05) is 18.8 Å². The quantitative estimate of drug-likeness (QED) is 0.769. The van der Waals surface area contributed by atoms with Gasteiger partial charge < -0.3 is 4.90 Å². The summed E-state index contributed by atoms with van der Waals surface area (Å²) in [5.74, 6) is 0. The van der Waals surface area contributed by atoms with Gasteiger partial charge in [0.05, 0.1) is 5.57 Å². The lowest BCUT2D eigenvalue weighted by molar-refractivity contribution is -0.0686. The minimum atomic E-state index is -4.37. The summed E-state index contributed by atoms with van der Waals surface area (Å²) >= 11 is 0. The van der Waals surface area contributed by atoms with Crippen LogP contribution < -0.4 is 4.90 Å². The molecule has 17 heavy (non-hydrogen) atoms. The van der Waals surface area contributed by atoms with Gasteiger partial charge in [0.2, 0.25) is 0 Å². The van der Waals surface area contributed by atoms with Gasteiger partial charge in [0.1, 0.15) is 0 Å². The molecule has 0 bridgehead atoms. The number of benzene rings is 1. The first kappa shape index (κ1) is 13.6. The first-order valence-corrected chi connectivity index (χ1v) is 5.51. The zero-order valence-electron chi connectivity index (χ0n) is 10.0. The van der Waals surface area contributed by atoms with E-state index in [1.54, 1.807) is 12.1 Å². The number of allylic oxidation sites excluding steroid dienone is 1. The molecule has 0 atom stereocenters. The van der Waals surface area contributed by atoms with Crippen molar-refractivity contribution >= 4 is 11.3 Å². The lowest BCUT2D eigenvalue weighted by Gasteiger charge is -2.22. The van der Waals surface area contributed by atoms with Gasteiger partial charge in [-0.05, 0) is 31.5 Å². The Bertz CT molecular complexity index is 392. The van der Waals surface area contributed by atoms with Crippen LogP contribution in [-0.2, 0) is 0 Å². The zero-order chi connectivity index (χ0) is 13.1. The van der Waals surface area contributed by atoms with Crippen molar-refractivity contribution in [3.05, 3.63) is 36.4 Å². The zero-order valence-corrected chi connectivity index (χ0v) is 10.0. The van der Waals surface area contributed by atoms with E-state index in [0.717, 1.165) is 18.8 Å². The minimum absolute atomic E-state index is 0.127. The van der Waals surface area contributed by atoms with Gasteiger partial charge in [-0.3, -0.25) is 0 Å². The summed E-state index contributed by atoms with van der Waals surface area (Å²) < 4.78 is 37.6. The second-order valence-corrected chi connectivity index (χ2v) is 3.70. The Morgan fingerprint density at radius 2 is 1.82 bits per heavy atom. The average Bonchev–Trinajstić information content (AvgIpc) is 2.29. The monoisotopic (exact) mass is 243 g/mol. The van der Waals surface area contributed by atoms with Crippen LogP contribution in [0.2, 0.25) is 0 Å². The van der Waals surface area contributed by atoms with Crippen molar-refractivity contribution in [3.63, 3.8) is 0 Å². The molecule has 0 radical (unpaired) electrons. The van der Waals surface area contributed by atoms with Crippen molar-refractivity contribution in [2.24, 2.45) is 0 Å². The predicted octanol–water partition coefficient (Wildman–Crippen LogP) is 4.11. The third-order valence-electron chi connectivity index (χ3n) is 2.67. The molecule has 0 amide bonds. The van der Waals surface area contributed by atoms with Crippen molar-refractivity contribution < 1.29 is 13.2 Å². The third kappa shape index (κ3) is 3.25. The Hall–Kier alpha value is -1.45. The molecular formula is C13H16F3N. The van der Waals surface area contributed by atoms with E-state index in [-0.39, 0.29) is 5.56 Å². The Labute approximate surface area is 99.6 Å². The van der Waals surface area contributed by atoms with Gasteiger partial charge in [-0.15, -0.1) is 0 Å². The van der Waals surface area contributed by atoms with Crippen molar-refractivity contribution in [2.45, 2.75) is 20.0 Å². The van der Waals surface area contributed by atoms with E-state index in [1.165, 1.54) is 12.1 Å². The highest BCUT2D eigenvalue weighted by atomic mass is 19.4. The second-order valence-electron chi connectivity index (χ2n) is 3.70. The smallest absolute Gasteiger partial charge is 0.372 e. The third-order valence-corrected chi connectivity index (χ3v) is 2.67. The fourth-order valence-corrected chi connectivity index (χ4v) is 1.64. The van der Waals surface area contributed by atoms with Crippen LogP contribution in [0.5, 0.6) is 0 Å². The molecule has 0 fully saturated rings. The number of hydrogen-bond acceptors (Lipinski definition) is 1. The standard InChI is InChI=1S/C13H16F3N/c1-4-17(5-2)12-8-6-7-11(9-12)10(3)13(14,15)16/h6-9H,3-5H2,1-2H3. The maximum atomic E-state index is 12.5. The van der Waals surface area contributed by atoms with E-state index in [0.29, 0.717) is 0 Å². The SMILES string of the molecule is C=C(c1cccc(N(CC)CC)c1)C(F)(F)F. The highest BCUT2D eigenvalue weighted by Gasteiger charge is 2.32. The first-order valence-electron chi connectivity index (χ1n) is 5.51. The molecule has 1 aromatic rings. The maximum Gasteiger partial charge on any atom is 0.416 e. The number of rotatable bonds is 4. The van der Waals surface area contributed by atoms with Gasteiger partial charge in [0.15, 0.2) is 0 Å². The molecule has 0 saturated carbocycles. The van der Waals surface area contributed by atoms with Crippen molar-refractivity contribution in [2.75, 3.05) is 18.0 Å². The van der Waals surface area contributed by atoms with Gasteiger partial charge in [-0.2, -0.15) is 13.2 Å². The predicted molar refractivity (Wildman–Crippen MR) is 65.1 cm³/mol. The molecule has 0 N–H and O–H groups in total. The first-order chi connectivity index (χ1) is 7.90. The lowest BCUT2D eigenvalue weighted by Crippen LogP contribution is -2.22. The summed E-state index contributed by atoms with van der Waals surface area (Å²) in [6, 6.07) is 6.39. The highest BCUT2D eigenvalue weighted by molar-refractivity contribution is 5.70. The number of halogens is 3. The molecular weight excluding hydrogens is 227 g/mol. The van der Waals surface area contributed by atoms with Crippen LogP contribution in [0.4, 0.5) is 18.9 Å². The van der Waals surface area contributed by atoms with Gasteiger partial charge in [-0.1, -0.05) is 18.7 Å². The number of alkyl halides is 3. The number of nitrogens with zero attached hydrogens (tertiary/aromatic N) is 1. The minimum Gasteiger partial charge on any atom is -0.372 e. The summed E-state index contributed by atoms with van der Waals surface area (Å²) in [5.41, 5.74) is 0.117. The Morgan fingerprint density at radius 1 is 1.24 bits per heavy atom. The summed E-state index contributed by atoms with van der Waals surface area (Å²) in [5, 5.41) is 0. The molecule has 4 heteroatoms. The molecule has 0 unspecified atom stereocenters. The average molecular weight is 243 g/mol. The van der Waals surface area contributed by atoms with E-state index in [4.69, 9.17) is 0 Å². The Morgan fingerprint density at radius 3 is 2.29 bits per heavy atom. The molecule has 0 aromatic heterocycles. The number of hydrogen-bond donors (Lipinski definition) is 0. The van der Waals surface area contributed by atoms with Crippen molar-refractivity contribution in [1.29, 1.82) is 0 Å². The molecule has 0 saturated heterocycles. The molecule has 0 spiro atoms. The summed E-state index contributed by atoms with van der Waals surface area (Å²) in [6.07, 6.45) is -4.37. The van der Waals surface area contributed by atoms with Crippen LogP contribution >= 0.6 is 0 Å². The molecule has 1 nitrogen and oxygen atoms in total.